The van der Waals surface area contributed by atoms with Crippen molar-refractivity contribution < 1.29 is 24.2 Å². The zero-order valence-electron chi connectivity index (χ0n) is 12.8. The van der Waals surface area contributed by atoms with Crippen LogP contribution in [0.3, 0.4) is 0 Å². The molecule has 0 aromatic heterocycles. The summed E-state index contributed by atoms with van der Waals surface area (Å²) in [6.07, 6.45) is 1.34. The third kappa shape index (κ3) is 5.34. The van der Waals surface area contributed by atoms with Crippen molar-refractivity contribution in [3.63, 3.8) is 0 Å². The molecular formula is C14H24N2O5. The summed E-state index contributed by atoms with van der Waals surface area (Å²) >= 11 is 0. The molecule has 7 heteroatoms. The quantitative estimate of drug-likeness (QED) is 0.732. The standard InChI is InChI=1S/C14H24N2O5/c1-14(2,13(19)20)8-12(18)16-6-4-10(5-7-16)15-11(17)9-21-3/h10H,4-9H2,1-3H3,(H,15,17)(H,19,20). The average molecular weight is 300 g/mol. The summed E-state index contributed by atoms with van der Waals surface area (Å²) in [5.41, 5.74) is -1.05. The number of likely N-dealkylation sites (tertiary alicyclic amines) is 1. The lowest BCUT2D eigenvalue weighted by Crippen LogP contribution is -2.48. The van der Waals surface area contributed by atoms with Crippen LogP contribution in [-0.4, -0.2) is 60.6 Å². The first-order valence-electron chi connectivity index (χ1n) is 7.05. The Balaban J connectivity index is 2.40. The first kappa shape index (κ1) is 17.4. The van der Waals surface area contributed by atoms with Gasteiger partial charge in [0.15, 0.2) is 0 Å². The molecule has 7 nitrogen and oxygen atoms in total. The number of carboxylic acids is 1. The first-order valence-corrected chi connectivity index (χ1v) is 7.05. The van der Waals surface area contributed by atoms with E-state index < -0.39 is 11.4 Å². The van der Waals surface area contributed by atoms with Crippen LogP contribution in [0.25, 0.3) is 0 Å². The third-order valence-corrected chi connectivity index (χ3v) is 3.66. The number of nitrogens with one attached hydrogen (secondary N) is 1. The summed E-state index contributed by atoms with van der Waals surface area (Å²) < 4.78 is 4.75. The van der Waals surface area contributed by atoms with E-state index in [1.807, 2.05) is 0 Å². The summed E-state index contributed by atoms with van der Waals surface area (Å²) in [7, 11) is 1.46. The molecule has 0 atom stereocenters. The molecule has 0 bridgehead atoms. The molecular weight excluding hydrogens is 276 g/mol. The molecule has 1 heterocycles. The van der Waals surface area contributed by atoms with Crippen molar-refractivity contribution in [2.45, 2.75) is 39.2 Å². The second-order valence-electron chi connectivity index (χ2n) is 6.02. The van der Waals surface area contributed by atoms with Crippen molar-refractivity contribution in [3.05, 3.63) is 0 Å². The Morgan fingerprint density at radius 1 is 1.29 bits per heavy atom. The van der Waals surface area contributed by atoms with Crippen molar-refractivity contribution in [3.8, 4) is 0 Å². The average Bonchev–Trinajstić information content (AvgIpc) is 2.39. The van der Waals surface area contributed by atoms with Crippen molar-refractivity contribution in [2.75, 3.05) is 26.8 Å². The van der Waals surface area contributed by atoms with E-state index in [9.17, 15) is 14.4 Å². The van der Waals surface area contributed by atoms with Crippen molar-refractivity contribution in [1.29, 1.82) is 0 Å². The first-order chi connectivity index (χ1) is 9.76. The van der Waals surface area contributed by atoms with Crippen LogP contribution in [0.15, 0.2) is 0 Å². The Hall–Kier alpha value is -1.63. The van der Waals surface area contributed by atoms with Gasteiger partial charge in [-0.1, -0.05) is 0 Å². The lowest BCUT2D eigenvalue weighted by atomic mass is 9.88. The van der Waals surface area contributed by atoms with Crippen molar-refractivity contribution in [2.24, 2.45) is 5.41 Å². The lowest BCUT2D eigenvalue weighted by molar-refractivity contribution is -0.151. The molecule has 2 amide bonds. The molecule has 1 aliphatic heterocycles. The SMILES string of the molecule is COCC(=O)NC1CCN(C(=O)CC(C)(C)C(=O)O)CC1. The van der Waals surface area contributed by atoms with Gasteiger partial charge < -0.3 is 20.1 Å². The Morgan fingerprint density at radius 3 is 2.33 bits per heavy atom. The molecule has 0 aliphatic carbocycles. The largest absolute Gasteiger partial charge is 0.481 e. The Labute approximate surface area is 124 Å². The van der Waals surface area contributed by atoms with E-state index in [0.717, 1.165) is 0 Å². The van der Waals surface area contributed by atoms with Gasteiger partial charge in [0.2, 0.25) is 11.8 Å². The third-order valence-electron chi connectivity index (χ3n) is 3.66. The highest BCUT2D eigenvalue weighted by Gasteiger charge is 2.33. The minimum Gasteiger partial charge on any atom is -0.481 e. The van der Waals surface area contributed by atoms with Crippen LogP contribution in [0.1, 0.15) is 33.1 Å². The number of aliphatic carboxylic acids is 1. The summed E-state index contributed by atoms with van der Waals surface area (Å²) in [5, 5.41) is 11.9. The molecule has 1 saturated heterocycles. The molecule has 2 N–H and O–H groups in total. The molecule has 0 unspecified atom stereocenters. The Kier molecular flexibility index (Phi) is 6.14. The minimum absolute atomic E-state index is 0.0109. The van der Waals surface area contributed by atoms with E-state index in [-0.39, 0.29) is 30.9 Å². The normalized spacial score (nSPS) is 16.6. The van der Waals surface area contributed by atoms with Gasteiger partial charge >= 0.3 is 5.97 Å². The van der Waals surface area contributed by atoms with Gasteiger partial charge in [-0.25, -0.2) is 0 Å². The summed E-state index contributed by atoms with van der Waals surface area (Å²) in [6, 6.07) is 0.0455. The van der Waals surface area contributed by atoms with Gasteiger partial charge in [0.25, 0.3) is 0 Å². The van der Waals surface area contributed by atoms with Crippen LogP contribution in [0.2, 0.25) is 0 Å². The second-order valence-corrected chi connectivity index (χ2v) is 6.02. The molecule has 0 spiro atoms. The van der Waals surface area contributed by atoms with Gasteiger partial charge in [-0.15, -0.1) is 0 Å². The van der Waals surface area contributed by atoms with Gasteiger partial charge in [0.05, 0.1) is 5.41 Å². The molecule has 0 aromatic carbocycles. The number of piperidine rings is 1. The lowest BCUT2D eigenvalue weighted by Gasteiger charge is -2.33. The Morgan fingerprint density at radius 2 is 1.86 bits per heavy atom. The maximum atomic E-state index is 12.1. The fourth-order valence-corrected chi connectivity index (χ4v) is 2.24. The fraction of sp³-hybridized carbons (Fsp3) is 0.786. The van der Waals surface area contributed by atoms with Crippen molar-refractivity contribution in [1.82, 2.24) is 10.2 Å². The highest BCUT2D eigenvalue weighted by Crippen LogP contribution is 2.23. The number of carboxylic acid groups (broad SMARTS) is 1. The maximum Gasteiger partial charge on any atom is 0.309 e. The van der Waals surface area contributed by atoms with Crippen LogP contribution in [0.4, 0.5) is 0 Å². The number of nitrogens with zero attached hydrogens (tertiary/aromatic N) is 1. The van der Waals surface area contributed by atoms with Gasteiger partial charge in [0.1, 0.15) is 6.61 Å². The number of hydrogen-bond acceptors (Lipinski definition) is 4. The van der Waals surface area contributed by atoms with E-state index in [2.05, 4.69) is 5.32 Å². The summed E-state index contributed by atoms with van der Waals surface area (Å²) in [4.78, 5) is 36.2. The molecule has 21 heavy (non-hydrogen) atoms. The number of amides is 2. The number of carbonyl (C=O) groups excluding carboxylic acids is 2. The van der Waals surface area contributed by atoms with Crippen LogP contribution < -0.4 is 5.32 Å². The highest BCUT2D eigenvalue weighted by atomic mass is 16.5. The van der Waals surface area contributed by atoms with Gasteiger partial charge in [-0.3, -0.25) is 14.4 Å². The van der Waals surface area contributed by atoms with E-state index in [1.165, 1.54) is 7.11 Å². The summed E-state index contributed by atoms with van der Waals surface area (Å²) in [6.45, 7) is 4.20. The van der Waals surface area contributed by atoms with Gasteiger partial charge in [-0.2, -0.15) is 0 Å². The van der Waals surface area contributed by atoms with Crippen LogP contribution in [0, 0.1) is 5.41 Å². The molecule has 1 rings (SSSR count). The number of carbonyl (C=O) groups is 3. The minimum atomic E-state index is -1.05. The topological polar surface area (TPSA) is 95.9 Å². The van der Waals surface area contributed by atoms with E-state index >= 15 is 0 Å². The molecule has 1 aliphatic rings. The van der Waals surface area contributed by atoms with E-state index in [1.54, 1.807) is 18.7 Å². The molecule has 0 aromatic rings. The smallest absolute Gasteiger partial charge is 0.309 e. The second kappa shape index (κ2) is 7.40. The zero-order chi connectivity index (χ0) is 16.0. The number of rotatable bonds is 6. The van der Waals surface area contributed by atoms with E-state index in [4.69, 9.17) is 9.84 Å². The number of ether oxygens (including phenoxy) is 1. The van der Waals surface area contributed by atoms with Crippen LogP contribution >= 0.6 is 0 Å². The van der Waals surface area contributed by atoms with Crippen molar-refractivity contribution >= 4 is 17.8 Å². The monoisotopic (exact) mass is 300 g/mol. The summed E-state index contributed by atoms with van der Waals surface area (Å²) in [5.74, 6) is -1.28. The fourth-order valence-electron chi connectivity index (χ4n) is 2.24. The van der Waals surface area contributed by atoms with Gasteiger partial charge in [-0.05, 0) is 26.7 Å². The zero-order valence-corrected chi connectivity index (χ0v) is 12.8. The van der Waals surface area contributed by atoms with Crippen LogP contribution in [-0.2, 0) is 19.1 Å². The predicted octanol–water partition coefficient (Wildman–Crippen LogP) is 0.241. The molecule has 0 radical (unpaired) electrons. The van der Waals surface area contributed by atoms with E-state index in [0.29, 0.717) is 25.9 Å². The maximum absolute atomic E-state index is 12.1. The van der Waals surface area contributed by atoms with Crippen LogP contribution in [0.5, 0.6) is 0 Å². The van der Waals surface area contributed by atoms with Gasteiger partial charge in [0, 0.05) is 32.7 Å². The molecule has 1 fully saturated rings. The molecule has 120 valence electrons. The molecule has 0 saturated carbocycles. The number of hydrogen-bond donors (Lipinski definition) is 2. The number of methoxy groups -OCH3 is 1. The predicted molar refractivity (Wildman–Crippen MR) is 75.7 cm³/mol. The Bertz CT molecular complexity index is 400. The highest BCUT2D eigenvalue weighted by molar-refractivity contribution is 5.84.